The third-order valence-electron chi connectivity index (χ3n) is 21.4. The van der Waals surface area contributed by atoms with Gasteiger partial charge in [-0.1, -0.05) is 357 Å². The molecule has 0 nitrogen and oxygen atoms in total. The number of benzene rings is 22. The van der Waals surface area contributed by atoms with Gasteiger partial charge in [0, 0.05) is 0 Å². The average molecular weight is 1330 g/mol. The van der Waals surface area contributed by atoms with Crippen molar-refractivity contribution in [2.45, 2.75) is 41.5 Å². The van der Waals surface area contributed by atoms with Crippen molar-refractivity contribution in [1.82, 2.24) is 0 Å². The van der Waals surface area contributed by atoms with E-state index in [9.17, 15) is 0 Å². The second-order valence-corrected chi connectivity index (χ2v) is 28.1. The van der Waals surface area contributed by atoms with E-state index in [-0.39, 0.29) is 0 Å². The Kier molecular flexibility index (Phi) is 17.2. The Balaban J connectivity index is 0.0000000927. The van der Waals surface area contributed by atoms with Crippen LogP contribution < -0.4 is 0 Å². The van der Waals surface area contributed by atoms with Gasteiger partial charge in [-0.05, 0) is 255 Å². The largest absolute Gasteiger partial charge is 0.0622 e. The van der Waals surface area contributed by atoms with E-state index in [2.05, 4.69) is 406 Å². The minimum atomic E-state index is 1.28. The van der Waals surface area contributed by atoms with Crippen LogP contribution in [0.15, 0.2) is 364 Å². The van der Waals surface area contributed by atoms with Gasteiger partial charge in [0.1, 0.15) is 0 Å². The lowest BCUT2D eigenvalue weighted by Crippen LogP contribution is -1.88. The molecule has 22 rings (SSSR count). The van der Waals surface area contributed by atoms with E-state index in [0.29, 0.717) is 0 Å². The lowest BCUT2D eigenvalue weighted by molar-refractivity contribution is 1.51. The molecule has 22 aromatic rings. The predicted octanol–water partition coefficient (Wildman–Crippen LogP) is 29.8. The fourth-order valence-electron chi connectivity index (χ4n) is 16.4. The third-order valence-corrected chi connectivity index (χ3v) is 21.4. The van der Waals surface area contributed by atoms with Gasteiger partial charge in [-0.15, -0.1) is 0 Å². The minimum absolute atomic E-state index is 1.28. The van der Waals surface area contributed by atoms with Crippen molar-refractivity contribution in [2.24, 2.45) is 0 Å². The summed E-state index contributed by atoms with van der Waals surface area (Å²) in [5.41, 5.74) is 10.7. The summed E-state index contributed by atoms with van der Waals surface area (Å²) in [5.74, 6) is 0. The molecule has 0 atom stereocenters. The van der Waals surface area contributed by atoms with Gasteiger partial charge in [0.15, 0.2) is 0 Å². The number of hydrogen-bond donors (Lipinski definition) is 0. The molecule has 0 amide bonds. The van der Waals surface area contributed by atoms with Crippen molar-refractivity contribution >= 4 is 162 Å². The first-order chi connectivity index (χ1) is 51.1. The van der Waals surface area contributed by atoms with E-state index in [1.807, 2.05) is 0 Å². The van der Waals surface area contributed by atoms with Gasteiger partial charge >= 0.3 is 0 Å². The normalized spacial score (nSPS) is 11.4. The van der Waals surface area contributed by atoms with Crippen LogP contribution in [0.2, 0.25) is 0 Å². The fraction of sp³-hybridized carbons (Fsp3) is 0.0577. The topological polar surface area (TPSA) is 0 Å². The van der Waals surface area contributed by atoms with Gasteiger partial charge in [-0.3, -0.25) is 0 Å². The molecule has 0 spiro atoms. The molecule has 494 valence electrons. The van der Waals surface area contributed by atoms with Crippen molar-refractivity contribution in [2.75, 3.05) is 0 Å². The maximum absolute atomic E-state index is 2.30. The molecule has 0 radical (unpaired) electrons. The maximum atomic E-state index is 2.30. The summed E-state index contributed by atoms with van der Waals surface area (Å²) in [4.78, 5) is 0. The van der Waals surface area contributed by atoms with Crippen LogP contribution in [0.25, 0.3) is 173 Å². The highest BCUT2D eigenvalue weighted by atomic mass is 14.2. The zero-order valence-corrected chi connectivity index (χ0v) is 59.6. The lowest BCUT2D eigenvalue weighted by atomic mass is 9.89. The molecule has 22 aromatic carbocycles. The van der Waals surface area contributed by atoms with Gasteiger partial charge in [0.2, 0.25) is 0 Å². The second kappa shape index (κ2) is 27.7. The molecule has 0 aliphatic carbocycles. The quantitative estimate of drug-likeness (QED) is 0.114. The van der Waals surface area contributed by atoms with E-state index in [4.69, 9.17) is 0 Å². The summed E-state index contributed by atoms with van der Waals surface area (Å²) in [7, 11) is 0. The van der Waals surface area contributed by atoms with Crippen molar-refractivity contribution in [3.63, 3.8) is 0 Å². The van der Waals surface area contributed by atoms with Gasteiger partial charge in [-0.25, -0.2) is 0 Å². The van der Waals surface area contributed by atoms with Gasteiger partial charge in [-0.2, -0.15) is 0 Å². The van der Waals surface area contributed by atoms with Crippen molar-refractivity contribution in [3.8, 4) is 11.1 Å². The van der Waals surface area contributed by atoms with Crippen molar-refractivity contribution in [1.29, 1.82) is 0 Å². The molecule has 0 aliphatic rings. The fourth-order valence-corrected chi connectivity index (χ4v) is 16.4. The van der Waals surface area contributed by atoms with E-state index in [1.54, 1.807) is 0 Å². The first-order valence-electron chi connectivity index (χ1n) is 36.4. The van der Waals surface area contributed by atoms with Crippen LogP contribution in [0.4, 0.5) is 0 Å². The molecule has 104 heavy (non-hydrogen) atoms. The lowest BCUT2D eigenvalue weighted by Gasteiger charge is -2.15. The Labute approximate surface area is 607 Å². The molecule has 0 fully saturated rings. The molecule has 0 heteroatoms. The maximum Gasteiger partial charge on any atom is -0.00241 e. The smallest absolute Gasteiger partial charge is 0.00241 e. The molecule has 0 N–H and O–H groups in total. The highest BCUT2D eigenvalue weighted by Crippen LogP contribution is 2.41. The Bertz CT molecular complexity index is 6750. The Morgan fingerprint density at radius 3 is 0.990 bits per heavy atom. The summed E-state index contributed by atoms with van der Waals surface area (Å²) in [6.45, 7) is 13.1. The van der Waals surface area contributed by atoms with Gasteiger partial charge < -0.3 is 0 Å². The highest BCUT2D eigenvalue weighted by molar-refractivity contribution is 6.27. The molecule has 0 unspecified atom stereocenters. The SMILES string of the molecule is Cc1c2ccccc2c(-c2ccccc2)c2ccccc12.Cc1c2ccccc2cc2ccccc12.Cc1cc2ccc3cccc4ccc(c1)c2c34.Cc1ccc2c3ccccc3c3ccccc3c2c1.Cc1ccc2cc3ccccc3cc2c1.Cc1ccc2ccc3cccc4ccc1c2c34. The minimum Gasteiger partial charge on any atom is -0.0622 e. The average Bonchev–Trinajstić information content (AvgIpc) is 0.753. The number of hydrogen-bond acceptors (Lipinski definition) is 0. The zero-order chi connectivity index (χ0) is 70.4. The molecule has 0 heterocycles. The molecule has 0 bridgehead atoms. The zero-order valence-electron chi connectivity index (χ0n) is 59.6. The molecular weight excluding hydrogens is 1250 g/mol. The summed E-state index contributed by atoms with van der Waals surface area (Å²) >= 11 is 0. The van der Waals surface area contributed by atoms with Crippen molar-refractivity contribution < 1.29 is 0 Å². The number of rotatable bonds is 1. The molecule has 0 aliphatic heterocycles. The summed E-state index contributed by atoms with van der Waals surface area (Å²) in [6, 6.07) is 131. The van der Waals surface area contributed by atoms with Crippen LogP contribution >= 0.6 is 0 Å². The van der Waals surface area contributed by atoms with Crippen LogP contribution in [0.5, 0.6) is 0 Å². The Morgan fingerprint density at radius 2 is 0.452 bits per heavy atom. The molecule has 0 saturated carbocycles. The standard InChI is InChI=1S/C21H16.C19H14.2C17H12.2C15H12/c1-15-17-11-5-7-13-19(17)21(16-9-3-2-4-10-16)20-14-8-6-12-18(15)20;1-13-10-11-18-16-8-3-2-6-14(16)15-7-4-5-9-17(15)19(18)12-13;1-11-9-14-7-5-12-3-2-4-13-6-8-15(10-11)17(14)16(12)13;1-11-5-6-14-8-7-12-3-2-4-13-9-10-15(11)17(14)16(12)13;1-11-14-8-4-2-6-12(14)10-13-7-3-5-9-15(11)13;1-11-6-7-14-9-12-4-2-3-5-13(12)10-15(14)8-11/h2-14H,1H3;2-12H,1H3;2*2-10H,1H3;2*2-10H,1H3. The Morgan fingerprint density at radius 1 is 0.144 bits per heavy atom. The highest BCUT2D eigenvalue weighted by Gasteiger charge is 2.15. The van der Waals surface area contributed by atoms with Crippen LogP contribution in [0.3, 0.4) is 0 Å². The third kappa shape index (κ3) is 12.1. The van der Waals surface area contributed by atoms with Crippen molar-refractivity contribution in [3.05, 3.63) is 397 Å². The van der Waals surface area contributed by atoms with Crippen LogP contribution in [-0.2, 0) is 0 Å². The van der Waals surface area contributed by atoms with Gasteiger partial charge in [0.05, 0.1) is 0 Å². The Hall–Kier alpha value is -12.7. The summed E-state index contributed by atoms with van der Waals surface area (Å²) < 4.78 is 0. The van der Waals surface area contributed by atoms with E-state index >= 15 is 0 Å². The predicted molar refractivity (Wildman–Crippen MR) is 457 cm³/mol. The first-order valence-corrected chi connectivity index (χ1v) is 36.4. The monoisotopic (exact) mass is 1330 g/mol. The van der Waals surface area contributed by atoms with E-state index in [1.165, 1.54) is 206 Å². The van der Waals surface area contributed by atoms with Crippen LogP contribution in [-0.4, -0.2) is 0 Å². The number of aryl methyl sites for hydroxylation is 6. The van der Waals surface area contributed by atoms with Crippen LogP contribution in [0.1, 0.15) is 33.4 Å². The van der Waals surface area contributed by atoms with Crippen LogP contribution in [0, 0.1) is 41.5 Å². The number of fused-ring (bicyclic) bond motifs is 12. The summed E-state index contributed by atoms with van der Waals surface area (Å²) in [6.07, 6.45) is 0. The first kappa shape index (κ1) is 64.6. The van der Waals surface area contributed by atoms with Gasteiger partial charge in [0.25, 0.3) is 0 Å². The molecule has 0 aromatic heterocycles. The second-order valence-electron chi connectivity index (χ2n) is 28.1. The molecule has 0 saturated heterocycles. The van der Waals surface area contributed by atoms with E-state index < -0.39 is 0 Å². The summed E-state index contributed by atoms with van der Waals surface area (Å²) in [5, 5.41) is 40.5. The van der Waals surface area contributed by atoms with E-state index in [0.717, 1.165) is 0 Å². The molecular formula is C104H78.